The molecule has 8 heteroatoms. The monoisotopic (exact) mass is 586 g/mol. The van der Waals surface area contributed by atoms with E-state index in [-0.39, 0.29) is 23.0 Å². The number of fused-ring (bicyclic) bond motifs is 6. The molecule has 1 spiro atoms. The van der Waals surface area contributed by atoms with E-state index in [2.05, 4.69) is 5.32 Å². The van der Waals surface area contributed by atoms with Gasteiger partial charge in [0.05, 0.1) is 38.9 Å². The molecular weight excluding hydrogens is 556 g/mol. The minimum Gasteiger partial charge on any atom is -0.497 e. The molecule has 3 heterocycles. The molecule has 0 saturated carbocycles. The largest absolute Gasteiger partial charge is 0.497 e. The van der Waals surface area contributed by atoms with Gasteiger partial charge in [0.2, 0.25) is 5.91 Å². The number of hydrogen-bond donors (Lipinski definition) is 1. The van der Waals surface area contributed by atoms with Gasteiger partial charge in [-0.25, -0.2) is 0 Å². The van der Waals surface area contributed by atoms with Crippen molar-refractivity contribution in [3.05, 3.63) is 125 Å². The van der Waals surface area contributed by atoms with Crippen LogP contribution in [-0.2, 0) is 10.2 Å². The van der Waals surface area contributed by atoms with Gasteiger partial charge in [-0.3, -0.25) is 14.4 Å². The van der Waals surface area contributed by atoms with Gasteiger partial charge in [0, 0.05) is 23.5 Å². The number of rotatable bonds is 7. The first-order chi connectivity index (χ1) is 21.4. The minimum atomic E-state index is -1.43. The zero-order chi connectivity index (χ0) is 30.6. The number of nitrogens with zero attached hydrogens (tertiary/aromatic N) is 1. The van der Waals surface area contributed by atoms with Crippen LogP contribution >= 0.6 is 0 Å². The van der Waals surface area contributed by atoms with Crippen LogP contribution in [0.1, 0.15) is 43.4 Å². The fourth-order valence-electron chi connectivity index (χ4n) is 7.29. The number of anilines is 1. The zero-order valence-electron chi connectivity index (χ0n) is 24.4. The topological polar surface area (TPSA) is 94.2 Å². The number of nitrogens with one attached hydrogen (secondary N) is 1. The normalized spacial score (nSPS) is 22.6. The Labute approximate surface area is 254 Å². The lowest BCUT2D eigenvalue weighted by atomic mass is 9.62. The van der Waals surface area contributed by atoms with Gasteiger partial charge >= 0.3 is 0 Å². The Hall–Kier alpha value is -5.37. The van der Waals surface area contributed by atoms with Gasteiger partial charge in [0.15, 0.2) is 11.6 Å². The average Bonchev–Trinajstić information content (AvgIpc) is 3.55. The van der Waals surface area contributed by atoms with Crippen molar-refractivity contribution in [2.24, 2.45) is 5.92 Å². The van der Waals surface area contributed by atoms with Gasteiger partial charge in [-0.05, 0) is 53.1 Å². The molecule has 1 N–H and O–H groups in total. The number of ether oxygens (including phenoxy) is 3. The van der Waals surface area contributed by atoms with Crippen molar-refractivity contribution in [1.29, 1.82) is 0 Å². The van der Waals surface area contributed by atoms with E-state index in [1.807, 2.05) is 65.7 Å². The second-order valence-electron chi connectivity index (χ2n) is 11.1. The molecule has 4 atom stereocenters. The van der Waals surface area contributed by atoms with Crippen molar-refractivity contribution in [2.75, 3.05) is 26.6 Å². The summed E-state index contributed by atoms with van der Waals surface area (Å²) in [6.07, 6.45) is 3.78. The highest BCUT2D eigenvalue weighted by Crippen LogP contribution is 2.62. The Bertz CT molecular complexity index is 1870. The van der Waals surface area contributed by atoms with Crippen molar-refractivity contribution in [3.8, 4) is 17.2 Å². The van der Waals surface area contributed by atoms with Crippen molar-refractivity contribution in [2.45, 2.75) is 17.5 Å². The van der Waals surface area contributed by atoms with Crippen LogP contribution in [0, 0.1) is 5.92 Å². The van der Waals surface area contributed by atoms with Crippen LogP contribution in [0.5, 0.6) is 17.2 Å². The highest BCUT2D eigenvalue weighted by Gasteiger charge is 2.70. The summed E-state index contributed by atoms with van der Waals surface area (Å²) in [5.74, 6) is -0.760. The third-order valence-electron chi connectivity index (χ3n) is 9.15. The summed E-state index contributed by atoms with van der Waals surface area (Å²) in [6.45, 7) is 0. The minimum absolute atomic E-state index is 0.288. The number of hydrogen-bond acceptors (Lipinski definition) is 7. The van der Waals surface area contributed by atoms with Gasteiger partial charge < -0.3 is 24.4 Å². The van der Waals surface area contributed by atoms with E-state index in [9.17, 15) is 14.4 Å². The summed E-state index contributed by atoms with van der Waals surface area (Å²) >= 11 is 0. The number of methoxy groups -OCH3 is 3. The van der Waals surface area contributed by atoms with Crippen molar-refractivity contribution >= 4 is 29.2 Å². The zero-order valence-corrected chi connectivity index (χ0v) is 24.4. The lowest BCUT2D eigenvalue weighted by Crippen LogP contribution is -2.49. The molecule has 7 rings (SSSR count). The van der Waals surface area contributed by atoms with E-state index in [0.717, 1.165) is 11.1 Å². The van der Waals surface area contributed by atoms with Gasteiger partial charge in [-0.2, -0.15) is 0 Å². The standard InChI is InChI=1S/C36H30N2O6/c1-42-23-11-8-10-22(19-23)32(39)30-31(33(40)26-16-15-24(43-2)20-29(26)44-3)38-18-17-21-9-4-5-12-25(21)34(38)36(30)27-13-6-7-14-28(27)37-35(36)41/h4-20,30-31,34H,1-3H3,(H,37,41)/t30-,31-,34+,36+/m0/s1. The molecule has 3 aliphatic rings. The summed E-state index contributed by atoms with van der Waals surface area (Å²) in [5.41, 5.74) is 2.30. The van der Waals surface area contributed by atoms with Crippen molar-refractivity contribution in [3.63, 3.8) is 0 Å². The van der Waals surface area contributed by atoms with Crippen LogP contribution in [0.4, 0.5) is 5.69 Å². The maximum absolute atomic E-state index is 15.0. The molecule has 44 heavy (non-hydrogen) atoms. The summed E-state index contributed by atoms with van der Waals surface area (Å²) in [4.78, 5) is 46.4. The van der Waals surface area contributed by atoms with Crippen LogP contribution in [0.15, 0.2) is 97.2 Å². The number of carbonyl (C=O) groups excluding carboxylic acids is 3. The fraction of sp³-hybridized carbons (Fsp3) is 0.194. The number of para-hydroxylation sites is 1. The molecule has 1 fully saturated rings. The van der Waals surface area contributed by atoms with Crippen LogP contribution in [0.3, 0.4) is 0 Å². The number of ketones is 2. The first-order valence-electron chi connectivity index (χ1n) is 14.3. The Morgan fingerprint density at radius 2 is 1.55 bits per heavy atom. The average molecular weight is 587 g/mol. The molecule has 0 radical (unpaired) electrons. The highest BCUT2D eigenvalue weighted by molar-refractivity contribution is 6.17. The SMILES string of the molecule is COc1cccc(C(=O)[C@@H]2[C@@H](C(=O)c3ccc(OC)cc3OC)N3C=Cc4ccccc4[C@@H]3[C@]23C(=O)Nc2ccccc23)c1. The molecule has 0 unspecified atom stereocenters. The summed E-state index contributed by atoms with van der Waals surface area (Å²) in [7, 11) is 4.56. The number of benzene rings is 4. The van der Waals surface area contributed by atoms with Gasteiger partial charge in [-0.1, -0.05) is 54.6 Å². The van der Waals surface area contributed by atoms with Crippen LogP contribution in [0.25, 0.3) is 6.08 Å². The molecule has 1 saturated heterocycles. The fourth-order valence-corrected chi connectivity index (χ4v) is 7.29. The van der Waals surface area contributed by atoms with E-state index in [1.165, 1.54) is 21.3 Å². The third kappa shape index (κ3) is 3.80. The Balaban J connectivity index is 1.53. The summed E-state index contributed by atoms with van der Waals surface area (Å²) < 4.78 is 16.5. The molecule has 4 aromatic carbocycles. The lowest BCUT2D eigenvalue weighted by Gasteiger charge is -2.38. The van der Waals surface area contributed by atoms with E-state index in [4.69, 9.17) is 14.2 Å². The first-order valence-corrected chi connectivity index (χ1v) is 14.3. The van der Waals surface area contributed by atoms with E-state index < -0.39 is 23.4 Å². The van der Waals surface area contributed by atoms with Gasteiger partial charge in [0.1, 0.15) is 28.7 Å². The van der Waals surface area contributed by atoms with E-state index in [1.54, 1.807) is 42.5 Å². The number of amides is 1. The molecule has 8 nitrogen and oxygen atoms in total. The predicted molar refractivity (Wildman–Crippen MR) is 165 cm³/mol. The quantitative estimate of drug-likeness (QED) is 0.278. The molecule has 1 amide bonds. The summed E-state index contributed by atoms with van der Waals surface area (Å²) in [5, 5.41) is 3.07. The lowest BCUT2D eigenvalue weighted by molar-refractivity contribution is -0.122. The predicted octanol–water partition coefficient (Wildman–Crippen LogP) is 5.69. The van der Waals surface area contributed by atoms with Gasteiger partial charge in [0.25, 0.3) is 0 Å². The van der Waals surface area contributed by atoms with Gasteiger partial charge in [-0.15, -0.1) is 0 Å². The highest BCUT2D eigenvalue weighted by atomic mass is 16.5. The molecule has 0 bridgehead atoms. The van der Waals surface area contributed by atoms with Crippen molar-refractivity contribution < 1.29 is 28.6 Å². The van der Waals surface area contributed by atoms with Crippen LogP contribution in [-0.4, -0.2) is 49.7 Å². The van der Waals surface area contributed by atoms with E-state index in [0.29, 0.717) is 34.1 Å². The molecule has 220 valence electrons. The second-order valence-corrected chi connectivity index (χ2v) is 11.1. The van der Waals surface area contributed by atoms with Crippen LogP contribution < -0.4 is 19.5 Å². The molecule has 4 aromatic rings. The smallest absolute Gasteiger partial charge is 0.238 e. The molecule has 0 aromatic heterocycles. The molecule has 3 aliphatic heterocycles. The third-order valence-corrected chi connectivity index (χ3v) is 9.15. The summed E-state index contributed by atoms with van der Waals surface area (Å²) in [6, 6.07) is 25.4. The van der Waals surface area contributed by atoms with Crippen molar-refractivity contribution in [1.82, 2.24) is 4.90 Å². The number of carbonyl (C=O) groups is 3. The molecular formula is C36H30N2O6. The Morgan fingerprint density at radius 3 is 2.34 bits per heavy atom. The van der Waals surface area contributed by atoms with Crippen LogP contribution in [0.2, 0.25) is 0 Å². The molecule has 0 aliphatic carbocycles. The first kappa shape index (κ1) is 27.5. The maximum atomic E-state index is 15.0. The Morgan fingerprint density at radius 1 is 0.795 bits per heavy atom. The van der Waals surface area contributed by atoms with E-state index >= 15 is 0 Å². The maximum Gasteiger partial charge on any atom is 0.238 e. The number of Topliss-reactive ketones (excluding diaryl/α,β-unsaturated/α-hetero) is 2. The Kier molecular flexibility index (Phi) is 6.50. The second kappa shape index (κ2) is 10.4.